The molecule has 0 spiro atoms. The molecule has 0 saturated carbocycles. The Morgan fingerprint density at radius 3 is 2.38 bits per heavy atom. The molecule has 0 rings (SSSR count). The Balaban J connectivity index is 3.58. The van der Waals surface area contributed by atoms with Crippen LogP contribution in [0.25, 0.3) is 0 Å². The van der Waals surface area contributed by atoms with Gasteiger partial charge in [-0.25, -0.2) is 4.79 Å². The molecule has 94 valence electrons. The lowest BCUT2D eigenvalue weighted by Crippen LogP contribution is -2.41. The second kappa shape index (κ2) is 7.96. The van der Waals surface area contributed by atoms with Crippen molar-refractivity contribution in [2.24, 2.45) is 0 Å². The summed E-state index contributed by atoms with van der Waals surface area (Å²) in [5.41, 5.74) is 0. The lowest BCUT2D eigenvalue weighted by atomic mass is 10.3. The molecule has 0 saturated heterocycles. The van der Waals surface area contributed by atoms with Crippen molar-refractivity contribution in [1.82, 2.24) is 10.6 Å². The highest BCUT2D eigenvalue weighted by molar-refractivity contribution is 5.75. The summed E-state index contributed by atoms with van der Waals surface area (Å²) in [6.07, 6.45) is 0.969. The summed E-state index contributed by atoms with van der Waals surface area (Å²) in [5, 5.41) is 5.34. The molecule has 0 aliphatic heterocycles. The van der Waals surface area contributed by atoms with Crippen molar-refractivity contribution >= 4 is 12.0 Å². The van der Waals surface area contributed by atoms with Gasteiger partial charge in [-0.15, -0.1) is 0 Å². The van der Waals surface area contributed by atoms with Crippen molar-refractivity contribution in [3.8, 4) is 0 Å². The number of carbonyl (C=O) groups is 2. The van der Waals surface area contributed by atoms with Crippen molar-refractivity contribution < 1.29 is 14.3 Å². The molecule has 0 aromatic carbocycles. The number of amides is 2. The van der Waals surface area contributed by atoms with Crippen LogP contribution < -0.4 is 10.6 Å². The Kier molecular flexibility index (Phi) is 7.33. The summed E-state index contributed by atoms with van der Waals surface area (Å²) >= 11 is 0. The second-order valence-corrected chi connectivity index (χ2v) is 4.00. The van der Waals surface area contributed by atoms with E-state index >= 15 is 0 Å². The van der Waals surface area contributed by atoms with Crippen LogP contribution in [0, 0.1) is 0 Å². The van der Waals surface area contributed by atoms with Gasteiger partial charge in [0.1, 0.15) is 0 Å². The lowest BCUT2D eigenvalue weighted by molar-refractivity contribution is -0.147. The van der Waals surface area contributed by atoms with E-state index in [1.54, 1.807) is 13.8 Å². The van der Waals surface area contributed by atoms with E-state index in [9.17, 15) is 9.59 Å². The van der Waals surface area contributed by atoms with E-state index in [4.69, 9.17) is 4.74 Å². The highest BCUT2D eigenvalue weighted by Gasteiger charge is 2.07. The van der Waals surface area contributed by atoms with E-state index in [1.807, 2.05) is 13.8 Å². The average molecular weight is 230 g/mol. The maximum absolute atomic E-state index is 11.2. The van der Waals surface area contributed by atoms with E-state index in [1.165, 1.54) is 0 Å². The highest BCUT2D eigenvalue weighted by atomic mass is 16.5. The molecule has 5 nitrogen and oxygen atoms in total. The van der Waals surface area contributed by atoms with Gasteiger partial charge in [-0.1, -0.05) is 6.92 Å². The van der Waals surface area contributed by atoms with E-state index in [0.29, 0.717) is 6.54 Å². The van der Waals surface area contributed by atoms with Gasteiger partial charge >= 0.3 is 12.0 Å². The topological polar surface area (TPSA) is 67.4 Å². The molecule has 2 N–H and O–H groups in total. The minimum Gasteiger partial charge on any atom is -0.463 e. The SMILES string of the molecule is CCC(C)NC(=O)NCCC(=O)OC(C)C. The Morgan fingerprint density at radius 2 is 1.88 bits per heavy atom. The minimum atomic E-state index is -0.293. The van der Waals surface area contributed by atoms with Gasteiger partial charge < -0.3 is 15.4 Å². The first kappa shape index (κ1) is 14.7. The van der Waals surface area contributed by atoms with E-state index in [2.05, 4.69) is 10.6 Å². The van der Waals surface area contributed by atoms with Crippen LogP contribution in [0.3, 0.4) is 0 Å². The van der Waals surface area contributed by atoms with Gasteiger partial charge in [0.2, 0.25) is 0 Å². The van der Waals surface area contributed by atoms with Gasteiger partial charge in [-0.3, -0.25) is 4.79 Å². The number of carbonyl (C=O) groups excluding carboxylic acids is 2. The van der Waals surface area contributed by atoms with Crippen LogP contribution in [0.2, 0.25) is 0 Å². The van der Waals surface area contributed by atoms with Crippen LogP contribution in [0.5, 0.6) is 0 Å². The van der Waals surface area contributed by atoms with E-state index in [-0.39, 0.29) is 30.6 Å². The summed E-state index contributed by atoms with van der Waals surface area (Å²) in [5.74, 6) is -0.293. The first-order chi connectivity index (χ1) is 7.45. The highest BCUT2D eigenvalue weighted by Crippen LogP contribution is 1.92. The quantitative estimate of drug-likeness (QED) is 0.678. The summed E-state index contributed by atoms with van der Waals surface area (Å²) in [6, 6.07) is -0.102. The van der Waals surface area contributed by atoms with Gasteiger partial charge in [-0.05, 0) is 27.2 Å². The van der Waals surface area contributed by atoms with E-state index in [0.717, 1.165) is 6.42 Å². The van der Waals surface area contributed by atoms with Crippen molar-refractivity contribution in [2.45, 2.75) is 52.7 Å². The normalized spacial score (nSPS) is 12.1. The first-order valence-corrected chi connectivity index (χ1v) is 5.69. The smallest absolute Gasteiger partial charge is 0.315 e. The maximum atomic E-state index is 11.2. The van der Waals surface area contributed by atoms with Crippen LogP contribution in [0.1, 0.15) is 40.5 Å². The largest absolute Gasteiger partial charge is 0.463 e. The third kappa shape index (κ3) is 8.08. The fourth-order valence-electron chi connectivity index (χ4n) is 0.977. The number of rotatable bonds is 6. The standard InChI is InChI=1S/C11H22N2O3/c1-5-9(4)13-11(15)12-7-6-10(14)16-8(2)3/h8-9H,5-7H2,1-4H3,(H2,12,13,15). The Bertz CT molecular complexity index is 229. The predicted octanol–water partition coefficient (Wildman–Crippen LogP) is 1.43. The molecule has 0 aliphatic rings. The summed E-state index contributed by atoms with van der Waals surface area (Å²) in [4.78, 5) is 22.4. The van der Waals surface area contributed by atoms with Gasteiger partial charge in [0, 0.05) is 12.6 Å². The minimum absolute atomic E-state index is 0.110. The number of esters is 1. The molecule has 2 amide bonds. The van der Waals surface area contributed by atoms with Crippen molar-refractivity contribution in [2.75, 3.05) is 6.54 Å². The zero-order valence-electron chi connectivity index (χ0n) is 10.5. The molecule has 16 heavy (non-hydrogen) atoms. The van der Waals surface area contributed by atoms with Crippen molar-refractivity contribution in [3.63, 3.8) is 0 Å². The van der Waals surface area contributed by atoms with Crippen molar-refractivity contribution in [3.05, 3.63) is 0 Å². The Morgan fingerprint density at radius 1 is 1.25 bits per heavy atom. The van der Waals surface area contributed by atoms with Gasteiger partial charge in [0.05, 0.1) is 12.5 Å². The number of urea groups is 1. The lowest BCUT2D eigenvalue weighted by Gasteiger charge is -2.12. The molecule has 0 aromatic heterocycles. The van der Waals surface area contributed by atoms with Gasteiger partial charge in [-0.2, -0.15) is 0 Å². The molecule has 5 heteroatoms. The molecular formula is C11H22N2O3. The first-order valence-electron chi connectivity index (χ1n) is 5.69. The fourth-order valence-corrected chi connectivity index (χ4v) is 0.977. The molecule has 0 radical (unpaired) electrons. The number of hydrogen-bond acceptors (Lipinski definition) is 3. The predicted molar refractivity (Wildman–Crippen MR) is 62.1 cm³/mol. The Labute approximate surface area is 96.9 Å². The van der Waals surface area contributed by atoms with Crippen LogP contribution in [0.4, 0.5) is 4.79 Å². The zero-order valence-corrected chi connectivity index (χ0v) is 10.5. The monoisotopic (exact) mass is 230 g/mol. The van der Waals surface area contributed by atoms with Crippen LogP contribution in [-0.4, -0.2) is 30.7 Å². The second-order valence-electron chi connectivity index (χ2n) is 4.00. The molecule has 0 fully saturated rings. The third-order valence-electron chi connectivity index (χ3n) is 1.97. The maximum Gasteiger partial charge on any atom is 0.315 e. The molecule has 0 aliphatic carbocycles. The van der Waals surface area contributed by atoms with Crippen LogP contribution in [-0.2, 0) is 9.53 Å². The average Bonchev–Trinajstić information content (AvgIpc) is 2.16. The number of hydrogen-bond donors (Lipinski definition) is 2. The number of ether oxygens (including phenoxy) is 1. The summed E-state index contributed by atoms with van der Waals surface area (Å²) in [7, 11) is 0. The van der Waals surface area contributed by atoms with Gasteiger partial charge in [0.15, 0.2) is 0 Å². The van der Waals surface area contributed by atoms with Crippen LogP contribution >= 0.6 is 0 Å². The third-order valence-corrected chi connectivity index (χ3v) is 1.97. The molecule has 0 aromatic rings. The summed E-state index contributed by atoms with van der Waals surface area (Å²) in [6.45, 7) is 7.80. The van der Waals surface area contributed by atoms with Crippen LogP contribution in [0.15, 0.2) is 0 Å². The van der Waals surface area contributed by atoms with E-state index < -0.39 is 0 Å². The summed E-state index contributed by atoms with van der Waals surface area (Å²) < 4.78 is 4.92. The van der Waals surface area contributed by atoms with Crippen molar-refractivity contribution in [1.29, 1.82) is 0 Å². The molecule has 1 unspecified atom stereocenters. The zero-order chi connectivity index (χ0) is 12.6. The number of nitrogens with one attached hydrogen (secondary N) is 2. The molecule has 1 atom stereocenters. The fraction of sp³-hybridized carbons (Fsp3) is 0.818. The molecular weight excluding hydrogens is 208 g/mol. The Hall–Kier alpha value is -1.26. The molecule has 0 heterocycles. The van der Waals surface area contributed by atoms with Gasteiger partial charge in [0.25, 0.3) is 0 Å². The molecule has 0 bridgehead atoms.